The molecule has 4 atom stereocenters. The molecule has 0 bridgehead atoms. The van der Waals surface area contributed by atoms with Gasteiger partial charge in [0.25, 0.3) is 0 Å². The van der Waals surface area contributed by atoms with Crippen molar-refractivity contribution in [2.75, 3.05) is 6.61 Å². The number of carboxylic acid groups (broad SMARTS) is 1. The molecular formula is C7H16CaO8. The third kappa shape index (κ3) is 7.47. The van der Waals surface area contributed by atoms with E-state index >= 15 is 0 Å². The average Bonchev–Trinajstić information content (AvgIpc) is 2.27. The van der Waals surface area contributed by atoms with Crippen LogP contribution < -0.4 is 0 Å². The molecule has 0 spiro atoms. The van der Waals surface area contributed by atoms with Gasteiger partial charge in [-0.1, -0.05) is 0 Å². The van der Waals surface area contributed by atoms with Gasteiger partial charge in [0, 0.05) is 0 Å². The van der Waals surface area contributed by atoms with E-state index in [4.69, 9.17) is 35.4 Å². The van der Waals surface area contributed by atoms with Crippen LogP contribution in [0.15, 0.2) is 0 Å². The van der Waals surface area contributed by atoms with Crippen molar-refractivity contribution in [1.29, 1.82) is 0 Å². The predicted octanol–water partition coefficient (Wildman–Crippen LogP) is -3.83. The molecule has 0 fully saturated rings. The first kappa shape index (κ1) is 21.5. The van der Waals surface area contributed by atoms with Crippen LogP contribution >= 0.6 is 0 Å². The summed E-state index contributed by atoms with van der Waals surface area (Å²) in [6, 6.07) is 0. The molecule has 0 saturated carbocycles. The van der Waals surface area contributed by atoms with Crippen LogP contribution in [0.1, 0.15) is 2.85 Å². The van der Waals surface area contributed by atoms with Gasteiger partial charge in [-0.05, 0) is 0 Å². The second-order valence-electron chi connectivity index (χ2n) is 2.51. The number of carbonyl (C=O) groups is 2. The SMILES string of the molecule is C=O.O=C(O)[C@H](O)[C@@H](O)[C@H](O)[C@H](O)CO.[Ca+2].[H-].[H-]. The molecule has 0 aliphatic heterocycles. The fraction of sp³-hybridized carbons (Fsp3) is 0.714. The largest absolute Gasteiger partial charge is 2.00 e. The van der Waals surface area contributed by atoms with Gasteiger partial charge in [0.05, 0.1) is 6.61 Å². The van der Waals surface area contributed by atoms with E-state index in [0.717, 1.165) is 0 Å². The zero-order chi connectivity index (χ0) is 12.6. The summed E-state index contributed by atoms with van der Waals surface area (Å²) in [7, 11) is 0. The Morgan fingerprint density at radius 2 is 1.50 bits per heavy atom. The summed E-state index contributed by atoms with van der Waals surface area (Å²) in [5.41, 5.74) is 0. The first-order chi connectivity index (χ1) is 6.91. The van der Waals surface area contributed by atoms with Crippen molar-refractivity contribution in [2.24, 2.45) is 0 Å². The summed E-state index contributed by atoms with van der Waals surface area (Å²) < 4.78 is 0. The maximum atomic E-state index is 10.1. The molecule has 0 heterocycles. The van der Waals surface area contributed by atoms with Crippen LogP contribution in [0, 0.1) is 0 Å². The van der Waals surface area contributed by atoms with Gasteiger partial charge in [-0.25, -0.2) is 4.79 Å². The Hall–Kier alpha value is 0.200. The molecular weight excluding hydrogens is 252 g/mol. The second-order valence-corrected chi connectivity index (χ2v) is 2.51. The van der Waals surface area contributed by atoms with Gasteiger partial charge in [-0.3, -0.25) is 0 Å². The molecule has 16 heavy (non-hydrogen) atoms. The van der Waals surface area contributed by atoms with Gasteiger partial charge in [-0.15, -0.1) is 0 Å². The van der Waals surface area contributed by atoms with Gasteiger partial charge in [0.1, 0.15) is 25.1 Å². The van der Waals surface area contributed by atoms with Gasteiger partial charge >= 0.3 is 43.7 Å². The minimum Gasteiger partial charge on any atom is -1.00 e. The van der Waals surface area contributed by atoms with Crippen LogP contribution in [0.5, 0.6) is 0 Å². The first-order valence-electron chi connectivity index (χ1n) is 3.76. The monoisotopic (exact) mass is 268 g/mol. The number of aliphatic carboxylic acids is 1. The van der Waals surface area contributed by atoms with E-state index in [1.807, 2.05) is 6.79 Å². The number of carbonyl (C=O) groups excluding carboxylic acids is 1. The van der Waals surface area contributed by atoms with E-state index in [-0.39, 0.29) is 40.6 Å². The zero-order valence-corrected chi connectivity index (χ0v) is 10.6. The molecule has 0 amide bonds. The molecule has 0 unspecified atom stereocenters. The zero-order valence-electron chi connectivity index (χ0n) is 10.4. The van der Waals surface area contributed by atoms with E-state index in [1.165, 1.54) is 0 Å². The molecule has 0 aliphatic rings. The molecule has 0 aromatic rings. The van der Waals surface area contributed by atoms with E-state index < -0.39 is 37.0 Å². The first-order valence-corrected chi connectivity index (χ1v) is 3.76. The number of rotatable bonds is 5. The van der Waals surface area contributed by atoms with Crippen molar-refractivity contribution in [3.63, 3.8) is 0 Å². The van der Waals surface area contributed by atoms with Crippen LogP contribution in [-0.4, -0.2) is 112 Å². The predicted molar refractivity (Wildman–Crippen MR) is 53.8 cm³/mol. The third-order valence-electron chi connectivity index (χ3n) is 1.51. The van der Waals surface area contributed by atoms with Crippen molar-refractivity contribution in [1.82, 2.24) is 0 Å². The topological polar surface area (TPSA) is 156 Å². The Kier molecular flexibility index (Phi) is 15.7. The number of aliphatic hydroxyl groups excluding tert-OH is 5. The summed E-state index contributed by atoms with van der Waals surface area (Å²) in [6.07, 6.45) is -7.84. The van der Waals surface area contributed by atoms with Crippen molar-refractivity contribution in [2.45, 2.75) is 24.4 Å². The Bertz CT molecular complexity index is 198. The molecule has 0 aliphatic carbocycles. The number of hydrogen-bond donors (Lipinski definition) is 6. The molecule has 8 nitrogen and oxygen atoms in total. The summed E-state index contributed by atoms with van der Waals surface area (Å²) in [4.78, 5) is 18.1. The van der Waals surface area contributed by atoms with Crippen LogP contribution in [0.2, 0.25) is 0 Å². The Balaban J connectivity index is -0.000000107. The van der Waals surface area contributed by atoms with Gasteiger partial charge in [0.2, 0.25) is 0 Å². The maximum absolute atomic E-state index is 10.1. The average molecular weight is 268 g/mol. The molecule has 0 rings (SSSR count). The minimum atomic E-state index is -2.20. The fourth-order valence-corrected chi connectivity index (χ4v) is 0.668. The molecule has 94 valence electrons. The van der Waals surface area contributed by atoms with Crippen molar-refractivity contribution in [3.8, 4) is 0 Å². The van der Waals surface area contributed by atoms with E-state index in [9.17, 15) is 4.79 Å². The number of hydrogen-bond acceptors (Lipinski definition) is 7. The molecule has 0 radical (unpaired) electrons. The van der Waals surface area contributed by atoms with Crippen molar-refractivity contribution >= 4 is 50.5 Å². The van der Waals surface area contributed by atoms with Crippen LogP contribution in [0.4, 0.5) is 0 Å². The van der Waals surface area contributed by atoms with E-state index in [1.54, 1.807) is 0 Å². The van der Waals surface area contributed by atoms with E-state index in [0.29, 0.717) is 0 Å². The van der Waals surface area contributed by atoms with Gasteiger partial charge < -0.3 is 38.3 Å². The molecule has 0 aromatic carbocycles. The van der Waals surface area contributed by atoms with Crippen LogP contribution in [0.3, 0.4) is 0 Å². The molecule has 9 heteroatoms. The normalized spacial score (nSPS) is 16.8. The maximum Gasteiger partial charge on any atom is 2.00 e. The van der Waals surface area contributed by atoms with Gasteiger partial charge in [-0.2, -0.15) is 0 Å². The third-order valence-corrected chi connectivity index (χ3v) is 1.51. The summed E-state index contributed by atoms with van der Waals surface area (Å²) in [5, 5.41) is 51.8. The van der Waals surface area contributed by atoms with Crippen LogP contribution in [0.25, 0.3) is 0 Å². The van der Waals surface area contributed by atoms with Crippen molar-refractivity contribution < 1.29 is 43.1 Å². The standard InChI is InChI=1S/C6H12O7.CH2O.Ca.2H/c7-1-2(8)3(9)4(10)5(11)6(12)13;1-2;;;/h2-5,7-11H,1H2,(H,12,13);1H2;;;/q;;+2;2*-1/t2-,3-,4+,5-;;;;/m1..../s1. The van der Waals surface area contributed by atoms with Gasteiger partial charge in [0.15, 0.2) is 6.10 Å². The quantitative estimate of drug-likeness (QED) is 0.277. The van der Waals surface area contributed by atoms with Crippen molar-refractivity contribution in [3.05, 3.63) is 0 Å². The number of aliphatic hydroxyl groups is 5. The van der Waals surface area contributed by atoms with Crippen LogP contribution in [-0.2, 0) is 9.59 Å². The number of carboxylic acids is 1. The molecule has 0 saturated heterocycles. The fourth-order valence-electron chi connectivity index (χ4n) is 0.668. The smallest absolute Gasteiger partial charge is 1.00 e. The Morgan fingerprint density at radius 1 is 1.12 bits per heavy atom. The Labute approximate surface area is 124 Å². The Morgan fingerprint density at radius 3 is 1.75 bits per heavy atom. The second kappa shape index (κ2) is 11.7. The summed E-state index contributed by atoms with van der Waals surface area (Å²) in [5.74, 6) is -1.73. The summed E-state index contributed by atoms with van der Waals surface area (Å²) in [6.45, 7) is 1.16. The van der Waals surface area contributed by atoms with E-state index in [2.05, 4.69) is 0 Å². The summed E-state index contributed by atoms with van der Waals surface area (Å²) >= 11 is 0. The molecule has 6 N–H and O–H groups in total. The molecule has 0 aromatic heterocycles. The minimum absolute atomic E-state index is 0.